The van der Waals surface area contributed by atoms with Gasteiger partial charge in [-0.2, -0.15) is 0 Å². The van der Waals surface area contributed by atoms with Gasteiger partial charge in [-0.15, -0.1) is 0 Å². The molecule has 6 heteroatoms. The normalized spacial score (nSPS) is 17.6. The second-order valence-corrected chi connectivity index (χ2v) is 6.99. The van der Waals surface area contributed by atoms with Crippen molar-refractivity contribution in [1.82, 2.24) is 4.90 Å². The maximum atomic E-state index is 12.8. The summed E-state index contributed by atoms with van der Waals surface area (Å²) in [6.07, 6.45) is 0.243. The molecule has 2 rings (SSSR count). The van der Waals surface area contributed by atoms with Gasteiger partial charge < -0.3 is 14.5 Å². The number of ether oxygens (including phenoxy) is 1. The van der Waals surface area contributed by atoms with Gasteiger partial charge in [0.25, 0.3) is 0 Å². The smallest absolute Gasteiger partial charge is 0.228 e. The van der Waals surface area contributed by atoms with E-state index in [0.717, 1.165) is 5.69 Å². The summed E-state index contributed by atoms with van der Waals surface area (Å²) in [6.45, 7) is 6.27. The Kier molecular flexibility index (Phi) is 6.63. The van der Waals surface area contributed by atoms with Crippen LogP contribution < -0.4 is 4.90 Å². The van der Waals surface area contributed by atoms with Crippen LogP contribution in [0.1, 0.15) is 20.3 Å². The van der Waals surface area contributed by atoms with Crippen molar-refractivity contribution in [2.24, 2.45) is 11.8 Å². The fourth-order valence-corrected chi connectivity index (χ4v) is 3.14. The molecule has 1 aromatic rings. The van der Waals surface area contributed by atoms with E-state index in [2.05, 4.69) is 13.8 Å². The van der Waals surface area contributed by atoms with Gasteiger partial charge in [0.05, 0.1) is 12.5 Å². The molecule has 2 amide bonds. The minimum Gasteiger partial charge on any atom is -0.383 e. The highest BCUT2D eigenvalue weighted by Gasteiger charge is 2.37. The Bertz CT molecular complexity index is 591. The number of carbonyl (C=O) groups excluding carboxylic acids is 2. The molecule has 0 N–H and O–H groups in total. The van der Waals surface area contributed by atoms with Crippen molar-refractivity contribution in [1.29, 1.82) is 0 Å². The lowest BCUT2D eigenvalue weighted by Gasteiger charge is -2.27. The van der Waals surface area contributed by atoms with E-state index in [1.54, 1.807) is 24.1 Å². The van der Waals surface area contributed by atoms with E-state index in [1.807, 2.05) is 17.0 Å². The zero-order valence-corrected chi connectivity index (χ0v) is 15.3. The molecule has 5 nitrogen and oxygen atoms in total. The quantitative estimate of drug-likeness (QED) is 0.758. The third-order valence-corrected chi connectivity index (χ3v) is 4.29. The molecule has 0 radical (unpaired) electrons. The summed E-state index contributed by atoms with van der Waals surface area (Å²) in [7, 11) is 1.62. The molecule has 1 unspecified atom stereocenters. The summed E-state index contributed by atoms with van der Waals surface area (Å²) < 4.78 is 5.11. The van der Waals surface area contributed by atoms with Gasteiger partial charge in [0.1, 0.15) is 0 Å². The lowest BCUT2D eigenvalue weighted by molar-refractivity contribution is -0.137. The number of methoxy groups -OCH3 is 1. The minimum atomic E-state index is -0.313. The number of halogens is 1. The van der Waals surface area contributed by atoms with Gasteiger partial charge >= 0.3 is 0 Å². The van der Waals surface area contributed by atoms with Crippen molar-refractivity contribution >= 4 is 29.1 Å². The van der Waals surface area contributed by atoms with Crippen LogP contribution in [0.25, 0.3) is 0 Å². The maximum Gasteiger partial charge on any atom is 0.228 e. The molecule has 1 atom stereocenters. The van der Waals surface area contributed by atoms with Crippen LogP contribution in [-0.4, -0.2) is 50.1 Å². The molecule has 1 aliphatic heterocycles. The molecule has 1 fully saturated rings. The molecular weight excluding hydrogens is 328 g/mol. The van der Waals surface area contributed by atoms with E-state index in [0.29, 0.717) is 37.2 Å². The lowest BCUT2D eigenvalue weighted by Crippen LogP contribution is -2.41. The van der Waals surface area contributed by atoms with Crippen LogP contribution in [0.2, 0.25) is 5.02 Å². The first kappa shape index (κ1) is 18.7. The highest BCUT2D eigenvalue weighted by molar-refractivity contribution is 6.30. The van der Waals surface area contributed by atoms with Crippen LogP contribution in [0.3, 0.4) is 0 Å². The molecule has 24 heavy (non-hydrogen) atoms. The number of hydrogen-bond acceptors (Lipinski definition) is 3. The molecule has 132 valence electrons. The number of rotatable bonds is 7. The van der Waals surface area contributed by atoms with Crippen molar-refractivity contribution in [3.63, 3.8) is 0 Å². The topological polar surface area (TPSA) is 49.9 Å². The molecule has 1 aromatic carbocycles. The standard InChI is InChI=1S/C18H25ClN2O3/c1-13(2)11-20(7-8-24-3)18(23)14-9-17(22)21(12-14)16-6-4-5-15(19)10-16/h4-6,10,13-14H,7-9,11-12H2,1-3H3. The Morgan fingerprint density at radius 3 is 2.83 bits per heavy atom. The van der Waals surface area contributed by atoms with Gasteiger partial charge in [-0.1, -0.05) is 31.5 Å². The third kappa shape index (κ3) is 4.71. The van der Waals surface area contributed by atoms with Gasteiger partial charge in [0.15, 0.2) is 0 Å². The minimum absolute atomic E-state index is 0.0265. The predicted octanol–water partition coefficient (Wildman–Crippen LogP) is 2.82. The highest BCUT2D eigenvalue weighted by atomic mass is 35.5. The Labute approximate surface area is 148 Å². The number of amides is 2. The average molecular weight is 353 g/mol. The summed E-state index contributed by atoms with van der Waals surface area (Å²) in [5, 5.41) is 0.580. The molecule has 1 heterocycles. The maximum absolute atomic E-state index is 12.8. The molecule has 0 spiro atoms. The van der Waals surface area contributed by atoms with Gasteiger partial charge in [0, 0.05) is 43.9 Å². The van der Waals surface area contributed by atoms with E-state index in [1.165, 1.54) is 0 Å². The Morgan fingerprint density at radius 1 is 1.46 bits per heavy atom. The average Bonchev–Trinajstić information content (AvgIpc) is 2.92. The number of carbonyl (C=O) groups is 2. The van der Waals surface area contributed by atoms with Gasteiger partial charge in [-0.25, -0.2) is 0 Å². The van der Waals surface area contributed by atoms with Crippen LogP contribution in [-0.2, 0) is 14.3 Å². The third-order valence-electron chi connectivity index (χ3n) is 4.06. The van der Waals surface area contributed by atoms with Crippen LogP contribution >= 0.6 is 11.6 Å². The summed E-state index contributed by atoms with van der Waals surface area (Å²) in [6, 6.07) is 7.17. The molecule has 1 saturated heterocycles. The van der Waals surface area contributed by atoms with Crippen molar-refractivity contribution < 1.29 is 14.3 Å². The molecule has 1 aliphatic rings. The van der Waals surface area contributed by atoms with Crippen molar-refractivity contribution in [3.05, 3.63) is 29.3 Å². The molecular formula is C18H25ClN2O3. The fraction of sp³-hybridized carbons (Fsp3) is 0.556. The van der Waals surface area contributed by atoms with Gasteiger partial charge in [-0.05, 0) is 24.1 Å². The largest absolute Gasteiger partial charge is 0.383 e. The van der Waals surface area contributed by atoms with E-state index in [-0.39, 0.29) is 24.2 Å². The lowest BCUT2D eigenvalue weighted by atomic mass is 10.1. The zero-order valence-electron chi connectivity index (χ0n) is 14.5. The van der Waals surface area contributed by atoms with E-state index in [4.69, 9.17) is 16.3 Å². The monoisotopic (exact) mass is 352 g/mol. The Hall–Kier alpha value is -1.59. The predicted molar refractivity (Wildman–Crippen MR) is 95.2 cm³/mol. The van der Waals surface area contributed by atoms with Crippen LogP contribution in [0.5, 0.6) is 0 Å². The van der Waals surface area contributed by atoms with Gasteiger partial charge in [0.2, 0.25) is 11.8 Å². The summed E-state index contributed by atoms with van der Waals surface area (Å²) in [5.74, 6) is 0.0458. The number of benzene rings is 1. The van der Waals surface area contributed by atoms with Crippen molar-refractivity contribution in [3.8, 4) is 0 Å². The first-order valence-corrected chi connectivity index (χ1v) is 8.63. The van der Waals surface area contributed by atoms with Crippen molar-refractivity contribution in [2.45, 2.75) is 20.3 Å². The first-order chi connectivity index (χ1) is 11.4. The number of anilines is 1. The van der Waals surface area contributed by atoms with E-state index >= 15 is 0 Å². The summed E-state index contributed by atoms with van der Waals surface area (Å²) in [5.41, 5.74) is 0.745. The first-order valence-electron chi connectivity index (χ1n) is 8.26. The molecule has 0 bridgehead atoms. The van der Waals surface area contributed by atoms with Crippen LogP contribution in [0, 0.1) is 11.8 Å². The molecule has 0 aliphatic carbocycles. The summed E-state index contributed by atoms with van der Waals surface area (Å²) in [4.78, 5) is 28.7. The van der Waals surface area contributed by atoms with Gasteiger partial charge in [-0.3, -0.25) is 9.59 Å². The Balaban J connectivity index is 2.08. The second kappa shape index (κ2) is 8.49. The zero-order chi connectivity index (χ0) is 17.7. The summed E-state index contributed by atoms with van der Waals surface area (Å²) >= 11 is 6.01. The van der Waals surface area contributed by atoms with Crippen molar-refractivity contribution in [2.75, 3.05) is 38.3 Å². The molecule has 0 saturated carbocycles. The fourth-order valence-electron chi connectivity index (χ4n) is 2.96. The van der Waals surface area contributed by atoms with Crippen LogP contribution in [0.15, 0.2) is 24.3 Å². The SMILES string of the molecule is COCCN(CC(C)C)C(=O)C1CC(=O)N(c2cccc(Cl)c2)C1. The van der Waals surface area contributed by atoms with E-state index in [9.17, 15) is 9.59 Å². The number of hydrogen-bond donors (Lipinski definition) is 0. The highest BCUT2D eigenvalue weighted by Crippen LogP contribution is 2.28. The van der Waals surface area contributed by atoms with Crippen LogP contribution in [0.4, 0.5) is 5.69 Å². The van der Waals surface area contributed by atoms with E-state index < -0.39 is 0 Å². The molecule has 0 aromatic heterocycles. The number of nitrogens with zero attached hydrogens (tertiary/aromatic N) is 2. The second-order valence-electron chi connectivity index (χ2n) is 6.56. The Morgan fingerprint density at radius 2 is 2.21 bits per heavy atom.